The molecule has 1 saturated carbocycles. The van der Waals surface area contributed by atoms with E-state index in [2.05, 4.69) is 32.3 Å². The Bertz CT molecular complexity index is 548. The van der Waals surface area contributed by atoms with Gasteiger partial charge in [0.05, 0.1) is 6.20 Å². The Labute approximate surface area is 124 Å². The maximum absolute atomic E-state index is 5.43. The van der Waals surface area contributed by atoms with Crippen LogP contribution in [0.15, 0.2) is 23.1 Å². The van der Waals surface area contributed by atoms with Crippen molar-refractivity contribution < 1.29 is 4.52 Å². The molecule has 0 aromatic carbocycles. The third-order valence-electron chi connectivity index (χ3n) is 3.99. The largest absolute Gasteiger partial charge is 0.339 e. The second-order valence-electron chi connectivity index (χ2n) is 5.55. The maximum Gasteiger partial charge on any atom is 0.230 e. The molecule has 6 heteroatoms. The summed E-state index contributed by atoms with van der Waals surface area (Å²) in [5.74, 6) is 1.65. The summed E-state index contributed by atoms with van der Waals surface area (Å²) in [6.07, 6.45) is 10.7. The lowest BCUT2D eigenvalue weighted by atomic mass is 9.86. The number of hydrogen-bond donors (Lipinski definition) is 1. The highest BCUT2D eigenvalue weighted by Crippen LogP contribution is 2.32. The number of rotatable bonds is 5. The molecule has 1 fully saturated rings. The summed E-state index contributed by atoms with van der Waals surface area (Å²) < 4.78 is 5.43. The predicted octanol–water partition coefficient (Wildman–Crippen LogP) is 2.55. The second kappa shape index (κ2) is 6.76. The number of hydrogen-bond acceptors (Lipinski definition) is 6. The Morgan fingerprint density at radius 3 is 2.81 bits per heavy atom. The molecule has 112 valence electrons. The minimum atomic E-state index is 0.377. The Morgan fingerprint density at radius 2 is 2.10 bits per heavy atom. The normalized spacial score (nSPS) is 22.3. The molecule has 0 spiro atoms. The van der Waals surface area contributed by atoms with Gasteiger partial charge in [-0.1, -0.05) is 12.1 Å². The van der Waals surface area contributed by atoms with Crippen molar-refractivity contribution in [3.05, 3.63) is 24.5 Å². The fourth-order valence-corrected chi connectivity index (χ4v) is 2.81. The van der Waals surface area contributed by atoms with Crippen LogP contribution in [-0.2, 0) is 0 Å². The molecular weight excluding hydrogens is 266 g/mol. The van der Waals surface area contributed by atoms with Gasteiger partial charge in [0.2, 0.25) is 11.7 Å². The molecule has 0 aliphatic heterocycles. The molecule has 21 heavy (non-hydrogen) atoms. The van der Waals surface area contributed by atoms with E-state index in [0.717, 1.165) is 25.3 Å². The predicted molar refractivity (Wildman–Crippen MR) is 78.6 cm³/mol. The molecule has 0 atom stereocenters. The highest BCUT2D eigenvalue weighted by molar-refractivity contribution is 5.45. The van der Waals surface area contributed by atoms with Gasteiger partial charge in [-0.15, -0.1) is 0 Å². The third-order valence-corrected chi connectivity index (χ3v) is 3.99. The summed E-state index contributed by atoms with van der Waals surface area (Å²) in [7, 11) is 0. The molecule has 6 nitrogen and oxygen atoms in total. The van der Waals surface area contributed by atoms with Crippen LogP contribution in [-0.4, -0.2) is 32.7 Å². The zero-order chi connectivity index (χ0) is 14.5. The average Bonchev–Trinajstić information content (AvgIpc) is 3.04. The summed E-state index contributed by atoms with van der Waals surface area (Å²) in [6, 6.07) is 0.642. The van der Waals surface area contributed by atoms with Crippen LogP contribution in [0.5, 0.6) is 0 Å². The van der Waals surface area contributed by atoms with Crippen molar-refractivity contribution in [2.75, 3.05) is 6.54 Å². The molecule has 0 unspecified atom stereocenters. The van der Waals surface area contributed by atoms with Gasteiger partial charge in [0.25, 0.3) is 0 Å². The Kier molecular flexibility index (Phi) is 4.55. The van der Waals surface area contributed by atoms with Gasteiger partial charge in [0.1, 0.15) is 5.69 Å². The highest BCUT2D eigenvalue weighted by atomic mass is 16.5. The minimum absolute atomic E-state index is 0.377. The van der Waals surface area contributed by atoms with Crippen molar-refractivity contribution in [3.63, 3.8) is 0 Å². The van der Waals surface area contributed by atoms with Gasteiger partial charge in [0.15, 0.2) is 0 Å². The van der Waals surface area contributed by atoms with Gasteiger partial charge >= 0.3 is 0 Å². The van der Waals surface area contributed by atoms with Crippen molar-refractivity contribution in [1.82, 2.24) is 25.4 Å². The van der Waals surface area contributed by atoms with Crippen LogP contribution in [0.3, 0.4) is 0 Å². The van der Waals surface area contributed by atoms with Crippen molar-refractivity contribution in [2.24, 2.45) is 0 Å². The van der Waals surface area contributed by atoms with E-state index in [1.165, 1.54) is 19.3 Å². The SMILES string of the molecule is CCCNC1CCC(c2nc(-c3cnccn3)no2)CC1. The lowest BCUT2D eigenvalue weighted by Crippen LogP contribution is -2.33. The van der Waals surface area contributed by atoms with Crippen LogP contribution in [0.2, 0.25) is 0 Å². The van der Waals surface area contributed by atoms with Crippen LogP contribution in [0.4, 0.5) is 0 Å². The quantitative estimate of drug-likeness (QED) is 0.910. The first-order valence-corrected chi connectivity index (χ1v) is 7.70. The highest BCUT2D eigenvalue weighted by Gasteiger charge is 2.26. The van der Waals surface area contributed by atoms with E-state index in [1.54, 1.807) is 18.6 Å². The lowest BCUT2D eigenvalue weighted by Gasteiger charge is -2.27. The lowest BCUT2D eigenvalue weighted by molar-refractivity contribution is 0.283. The molecule has 1 N–H and O–H groups in total. The molecule has 0 amide bonds. The topological polar surface area (TPSA) is 76.7 Å². The monoisotopic (exact) mass is 287 g/mol. The first-order valence-electron chi connectivity index (χ1n) is 7.70. The molecule has 3 rings (SSSR count). The molecule has 1 aliphatic rings. The van der Waals surface area contributed by atoms with Gasteiger partial charge in [-0.25, -0.2) is 4.98 Å². The standard InChI is InChI=1S/C15H21N5O/c1-2-7-17-12-5-3-11(4-6-12)15-19-14(20-21-15)13-10-16-8-9-18-13/h8-12,17H,2-7H2,1H3. The average molecular weight is 287 g/mol. The van der Waals surface area contributed by atoms with E-state index in [4.69, 9.17) is 4.52 Å². The molecule has 2 aromatic rings. The van der Waals surface area contributed by atoms with Gasteiger partial charge in [0, 0.05) is 24.4 Å². The Morgan fingerprint density at radius 1 is 1.24 bits per heavy atom. The van der Waals surface area contributed by atoms with E-state index in [9.17, 15) is 0 Å². The van der Waals surface area contributed by atoms with Crippen molar-refractivity contribution in [1.29, 1.82) is 0 Å². The fraction of sp³-hybridized carbons (Fsp3) is 0.600. The van der Waals surface area contributed by atoms with E-state index in [0.29, 0.717) is 23.5 Å². The van der Waals surface area contributed by atoms with Gasteiger partial charge in [-0.05, 0) is 38.6 Å². The van der Waals surface area contributed by atoms with E-state index >= 15 is 0 Å². The molecule has 1 aliphatic carbocycles. The zero-order valence-corrected chi connectivity index (χ0v) is 12.3. The summed E-state index contributed by atoms with van der Waals surface area (Å²) in [5.41, 5.74) is 0.658. The summed E-state index contributed by atoms with van der Waals surface area (Å²) in [5, 5.41) is 7.62. The molecule has 2 heterocycles. The van der Waals surface area contributed by atoms with Crippen molar-refractivity contribution >= 4 is 0 Å². The summed E-state index contributed by atoms with van der Waals surface area (Å²) in [6.45, 7) is 3.30. The Hall–Kier alpha value is -1.82. The second-order valence-corrected chi connectivity index (χ2v) is 5.55. The summed E-state index contributed by atoms with van der Waals surface area (Å²) in [4.78, 5) is 12.7. The number of aromatic nitrogens is 4. The van der Waals surface area contributed by atoms with Crippen molar-refractivity contribution in [2.45, 2.75) is 51.0 Å². The molecule has 0 saturated heterocycles. The van der Waals surface area contributed by atoms with E-state index in [-0.39, 0.29) is 0 Å². The zero-order valence-electron chi connectivity index (χ0n) is 12.3. The van der Waals surface area contributed by atoms with E-state index < -0.39 is 0 Å². The molecule has 0 radical (unpaired) electrons. The smallest absolute Gasteiger partial charge is 0.230 e. The molecular formula is C15H21N5O. The van der Waals surface area contributed by atoms with Gasteiger partial charge in [-0.2, -0.15) is 4.98 Å². The van der Waals surface area contributed by atoms with Gasteiger partial charge < -0.3 is 9.84 Å². The number of nitrogens with zero attached hydrogens (tertiary/aromatic N) is 4. The van der Waals surface area contributed by atoms with Crippen LogP contribution in [0.1, 0.15) is 50.8 Å². The van der Waals surface area contributed by atoms with Gasteiger partial charge in [-0.3, -0.25) is 4.98 Å². The summed E-state index contributed by atoms with van der Waals surface area (Å²) >= 11 is 0. The van der Waals surface area contributed by atoms with Crippen LogP contribution < -0.4 is 5.32 Å². The van der Waals surface area contributed by atoms with Crippen LogP contribution >= 0.6 is 0 Å². The molecule has 0 bridgehead atoms. The minimum Gasteiger partial charge on any atom is -0.339 e. The van der Waals surface area contributed by atoms with Crippen LogP contribution in [0.25, 0.3) is 11.5 Å². The number of nitrogens with one attached hydrogen (secondary N) is 1. The van der Waals surface area contributed by atoms with E-state index in [1.807, 2.05) is 0 Å². The first-order chi connectivity index (χ1) is 10.4. The van der Waals surface area contributed by atoms with Crippen LogP contribution in [0, 0.1) is 0 Å². The third kappa shape index (κ3) is 3.44. The van der Waals surface area contributed by atoms with Crippen molar-refractivity contribution in [3.8, 4) is 11.5 Å². The fourth-order valence-electron chi connectivity index (χ4n) is 2.81. The first kappa shape index (κ1) is 14.1. The molecule has 2 aromatic heterocycles. The maximum atomic E-state index is 5.43. The Balaban J connectivity index is 1.60.